The van der Waals surface area contributed by atoms with E-state index in [9.17, 15) is 0 Å². The molecule has 0 aliphatic carbocycles. The van der Waals surface area contributed by atoms with E-state index < -0.39 is 0 Å². The van der Waals surface area contributed by atoms with Crippen LogP contribution >= 0.6 is 0 Å². The predicted molar refractivity (Wildman–Crippen MR) is 28.7 cm³/mol. The van der Waals surface area contributed by atoms with E-state index in [1.54, 1.807) is 0 Å². The third-order valence-corrected chi connectivity index (χ3v) is 2.15. The highest BCUT2D eigenvalue weighted by molar-refractivity contribution is 5.00. The van der Waals surface area contributed by atoms with Gasteiger partial charge in [0.2, 0.25) is 0 Å². The van der Waals surface area contributed by atoms with Crippen molar-refractivity contribution in [3.63, 3.8) is 0 Å². The number of hydrogen-bond donors (Lipinski definition) is 0. The third kappa shape index (κ3) is 0.446. The lowest BCUT2D eigenvalue weighted by molar-refractivity contribution is 0.0909. The molecule has 1 spiro atoms. The number of hydrogen-bond acceptors (Lipinski definition) is 2. The lowest BCUT2D eigenvalue weighted by Gasteiger charge is -2.05. The minimum atomic E-state index is 0.181. The molecule has 0 saturated carbocycles. The van der Waals surface area contributed by atoms with Crippen LogP contribution in [0.25, 0.3) is 0 Å². The zero-order chi connectivity index (χ0) is 5.61. The molecule has 0 aromatic carbocycles. The molecule has 8 heavy (non-hydrogen) atoms. The molecule has 2 atom stereocenters. The molecule has 2 rings (SSSR count). The molecule has 0 aromatic heterocycles. The molecule has 0 aromatic rings. The van der Waals surface area contributed by atoms with Crippen LogP contribution in [0.1, 0.15) is 13.3 Å². The summed E-state index contributed by atoms with van der Waals surface area (Å²) in [5.41, 5.74) is 0.181. The van der Waals surface area contributed by atoms with E-state index in [0.717, 1.165) is 19.6 Å². The van der Waals surface area contributed by atoms with Crippen LogP contribution in [0.3, 0.4) is 0 Å². The van der Waals surface area contributed by atoms with E-state index in [0.29, 0.717) is 6.10 Å². The van der Waals surface area contributed by atoms with Crippen molar-refractivity contribution in [3.05, 3.63) is 0 Å². The molecule has 2 heterocycles. The summed E-state index contributed by atoms with van der Waals surface area (Å²) in [6.45, 7) is 3.90. The van der Waals surface area contributed by atoms with Gasteiger partial charge < -0.3 is 9.47 Å². The van der Waals surface area contributed by atoms with E-state index in [1.165, 1.54) is 0 Å². The molecule has 46 valence electrons. The second-order valence-corrected chi connectivity index (χ2v) is 2.62. The van der Waals surface area contributed by atoms with Gasteiger partial charge in [-0.25, -0.2) is 0 Å². The number of rotatable bonds is 0. The quantitative estimate of drug-likeness (QED) is 0.429. The van der Waals surface area contributed by atoms with Crippen molar-refractivity contribution >= 4 is 0 Å². The van der Waals surface area contributed by atoms with Gasteiger partial charge in [-0.2, -0.15) is 0 Å². The Balaban J connectivity index is 2.12. The van der Waals surface area contributed by atoms with Crippen molar-refractivity contribution in [1.29, 1.82) is 0 Å². The van der Waals surface area contributed by atoms with Gasteiger partial charge in [-0.15, -0.1) is 0 Å². The standard InChI is InChI=1S/C6H10O2/c1-5-6(4-8-6)2-3-7-5/h5H,2-4H2,1H3. The molecule has 2 aliphatic rings. The lowest BCUT2D eigenvalue weighted by Crippen LogP contribution is -2.20. The summed E-state index contributed by atoms with van der Waals surface area (Å²) >= 11 is 0. The van der Waals surface area contributed by atoms with Gasteiger partial charge in [0.05, 0.1) is 19.3 Å². The Bertz CT molecular complexity index is 107. The number of epoxide rings is 1. The SMILES string of the molecule is CC1OCCC12CO2. The van der Waals surface area contributed by atoms with Gasteiger partial charge in [0, 0.05) is 6.42 Å². The minimum absolute atomic E-state index is 0.181. The van der Waals surface area contributed by atoms with E-state index in [1.807, 2.05) is 0 Å². The Morgan fingerprint density at radius 1 is 1.62 bits per heavy atom. The van der Waals surface area contributed by atoms with Crippen molar-refractivity contribution < 1.29 is 9.47 Å². The zero-order valence-corrected chi connectivity index (χ0v) is 5.02. The largest absolute Gasteiger partial charge is 0.375 e. The second-order valence-electron chi connectivity index (χ2n) is 2.62. The average molecular weight is 114 g/mol. The van der Waals surface area contributed by atoms with Gasteiger partial charge in [0.1, 0.15) is 5.60 Å². The Morgan fingerprint density at radius 3 is 2.62 bits per heavy atom. The van der Waals surface area contributed by atoms with Crippen molar-refractivity contribution in [2.75, 3.05) is 13.2 Å². The smallest absolute Gasteiger partial charge is 0.119 e. The van der Waals surface area contributed by atoms with Crippen molar-refractivity contribution in [1.82, 2.24) is 0 Å². The van der Waals surface area contributed by atoms with Crippen molar-refractivity contribution in [2.45, 2.75) is 25.0 Å². The molecule has 0 bridgehead atoms. The average Bonchev–Trinajstić information content (AvgIpc) is 2.39. The molecule has 2 heteroatoms. The molecule has 2 aliphatic heterocycles. The van der Waals surface area contributed by atoms with Crippen LogP contribution in [0.5, 0.6) is 0 Å². The monoisotopic (exact) mass is 114 g/mol. The minimum Gasteiger partial charge on any atom is -0.375 e. The van der Waals surface area contributed by atoms with Crippen LogP contribution in [0.2, 0.25) is 0 Å². The zero-order valence-electron chi connectivity index (χ0n) is 5.02. The highest BCUT2D eigenvalue weighted by Gasteiger charge is 2.53. The maximum atomic E-state index is 5.31. The highest BCUT2D eigenvalue weighted by Crippen LogP contribution is 2.40. The highest BCUT2D eigenvalue weighted by atomic mass is 16.6. The summed E-state index contributed by atoms with van der Waals surface area (Å²) in [5.74, 6) is 0. The fourth-order valence-corrected chi connectivity index (χ4v) is 1.24. The molecule has 0 amide bonds. The summed E-state index contributed by atoms with van der Waals surface area (Å²) in [6.07, 6.45) is 1.45. The second kappa shape index (κ2) is 1.25. The Morgan fingerprint density at radius 2 is 2.38 bits per heavy atom. The summed E-state index contributed by atoms with van der Waals surface area (Å²) < 4.78 is 10.5. The lowest BCUT2D eigenvalue weighted by atomic mass is 10.1. The van der Waals surface area contributed by atoms with Crippen LogP contribution in [0, 0.1) is 0 Å². The van der Waals surface area contributed by atoms with Crippen LogP contribution < -0.4 is 0 Å². The summed E-state index contributed by atoms with van der Waals surface area (Å²) in [6, 6.07) is 0. The molecule has 2 fully saturated rings. The van der Waals surface area contributed by atoms with Crippen molar-refractivity contribution in [2.24, 2.45) is 0 Å². The predicted octanol–water partition coefficient (Wildman–Crippen LogP) is 0.564. The maximum absolute atomic E-state index is 5.31. The van der Waals surface area contributed by atoms with Gasteiger partial charge in [-0.3, -0.25) is 0 Å². The third-order valence-electron chi connectivity index (χ3n) is 2.15. The van der Waals surface area contributed by atoms with Crippen LogP contribution in [0.15, 0.2) is 0 Å². The molecular formula is C6H10O2. The normalized spacial score (nSPS) is 52.9. The first-order valence-electron chi connectivity index (χ1n) is 3.09. The van der Waals surface area contributed by atoms with E-state index in [-0.39, 0.29) is 5.60 Å². The van der Waals surface area contributed by atoms with E-state index in [4.69, 9.17) is 9.47 Å². The molecule has 0 radical (unpaired) electrons. The summed E-state index contributed by atoms with van der Waals surface area (Å²) in [4.78, 5) is 0. The molecule has 2 unspecified atom stereocenters. The first-order chi connectivity index (χ1) is 3.83. The van der Waals surface area contributed by atoms with Gasteiger partial charge in [-0.05, 0) is 6.92 Å². The Kier molecular flexibility index (Phi) is 0.746. The van der Waals surface area contributed by atoms with Gasteiger partial charge >= 0.3 is 0 Å². The molecule has 2 nitrogen and oxygen atoms in total. The van der Waals surface area contributed by atoms with Gasteiger partial charge in [0.25, 0.3) is 0 Å². The fourth-order valence-electron chi connectivity index (χ4n) is 1.24. The Labute approximate surface area is 48.8 Å². The Hall–Kier alpha value is -0.0800. The van der Waals surface area contributed by atoms with E-state index >= 15 is 0 Å². The first-order valence-corrected chi connectivity index (χ1v) is 3.09. The van der Waals surface area contributed by atoms with Crippen LogP contribution in [0.4, 0.5) is 0 Å². The topological polar surface area (TPSA) is 21.8 Å². The summed E-state index contributed by atoms with van der Waals surface area (Å²) in [5, 5.41) is 0. The molecule has 0 N–H and O–H groups in total. The first kappa shape index (κ1) is 4.77. The molecule has 2 saturated heterocycles. The van der Waals surface area contributed by atoms with Crippen LogP contribution in [-0.4, -0.2) is 24.9 Å². The maximum Gasteiger partial charge on any atom is 0.119 e. The van der Waals surface area contributed by atoms with Crippen LogP contribution in [-0.2, 0) is 9.47 Å². The van der Waals surface area contributed by atoms with Crippen molar-refractivity contribution in [3.8, 4) is 0 Å². The van der Waals surface area contributed by atoms with Gasteiger partial charge in [-0.1, -0.05) is 0 Å². The summed E-state index contributed by atoms with van der Waals surface area (Å²) in [7, 11) is 0. The molecular weight excluding hydrogens is 104 g/mol. The van der Waals surface area contributed by atoms with E-state index in [2.05, 4.69) is 6.92 Å². The van der Waals surface area contributed by atoms with Gasteiger partial charge in [0.15, 0.2) is 0 Å². The fraction of sp³-hybridized carbons (Fsp3) is 1.00. The number of ether oxygens (including phenoxy) is 2.